The third-order valence-electron chi connectivity index (χ3n) is 7.42. The van der Waals surface area contributed by atoms with Gasteiger partial charge in [-0.05, 0) is 108 Å². The van der Waals surface area contributed by atoms with E-state index in [4.69, 9.17) is 14.6 Å². The van der Waals surface area contributed by atoms with E-state index >= 15 is 0 Å². The molecule has 1 fully saturated rings. The summed E-state index contributed by atoms with van der Waals surface area (Å²) >= 11 is 1.70. The van der Waals surface area contributed by atoms with Crippen LogP contribution in [0.3, 0.4) is 0 Å². The van der Waals surface area contributed by atoms with E-state index in [9.17, 15) is 4.79 Å². The molecule has 0 bridgehead atoms. The van der Waals surface area contributed by atoms with Crippen LogP contribution in [0.2, 0.25) is 0 Å². The molecule has 6 nitrogen and oxygen atoms in total. The molecule has 2 aromatic heterocycles. The van der Waals surface area contributed by atoms with E-state index in [1.165, 1.54) is 33.4 Å². The van der Waals surface area contributed by atoms with Gasteiger partial charge in [-0.2, -0.15) is 16.3 Å². The van der Waals surface area contributed by atoms with Gasteiger partial charge in [-0.15, -0.1) is 0 Å². The van der Waals surface area contributed by atoms with Crippen molar-refractivity contribution in [1.82, 2.24) is 15.5 Å². The molecule has 1 atom stereocenters. The van der Waals surface area contributed by atoms with Gasteiger partial charge in [0.2, 0.25) is 5.82 Å². The Kier molecular flexibility index (Phi) is 5.54. The molecule has 2 heterocycles. The van der Waals surface area contributed by atoms with E-state index in [2.05, 4.69) is 71.5 Å². The molecule has 2 aliphatic carbocycles. The number of thiophene rings is 1. The Morgan fingerprint density at radius 3 is 2.60 bits per heavy atom. The van der Waals surface area contributed by atoms with Gasteiger partial charge in [-0.25, -0.2) is 0 Å². The average Bonchev–Trinajstić information content (AvgIpc) is 3.56. The van der Waals surface area contributed by atoms with Crippen LogP contribution in [-0.2, 0) is 11.2 Å². The monoisotopic (exact) mass is 485 g/mol. The van der Waals surface area contributed by atoms with Crippen LogP contribution in [0.15, 0.2) is 51.7 Å². The Balaban J connectivity index is 1.20. The van der Waals surface area contributed by atoms with Crippen molar-refractivity contribution < 1.29 is 14.4 Å². The van der Waals surface area contributed by atoms with Crippen LogP contribution in [0, 0.1) is 19.8 Å². The number of hydrogen-bond acceptors (Lipinski definition) is 6. The summed E-state index contributed by atoms with van der Waals surface area (Å²) in [7, 11) is 0. The number of carbonyl (C=O) groups is 1. The zero-order valence-electron chi connectivity index (χ0n) is 19.7. The maximum atomic E-state index is 11.1. The van der Waals surface area contributed by atoms with Crippen molar-refractivity contribution in [2.24, 2.45) is 5.92 Å². The lowest BCUT2D eigenvalue weighted by Gasteiger charge is -2.35. The van der Waals surface area contributed by atoms with E-state index in [-0.39, 0.29) is 12.0 Å². The highest BCUT2D eigenvalue weighted by atomic mass is 32.1. The van der Waals surface area contributed by atoms with Crippen LogP contribution in [-0.4, -0.2) is 27.3 Å². The van der Waals surface area contributed by atoms with Crippen LogP contribution in [0.4, 0.5) is 0 Å². The summed E-state index contributed by atoms with van der Waals surface area (Å²) in [5.74, 6) is 0.256. The second kappa shape index (κ2) is 8.73. The van der Waals surface area contributed by atoms with E-state index in [0.29, 0.717) is 17.8 Å². The van der Waals surface area contributed by atoms with Gasteiger partial charge < -0.3 is 14.9 Å². The summed E-state index contributed by atoms with van der Waals surface area (Å²) < 4.78 is 5.67. The lowest BCUT2D eigenvalue weighted by molar-refractivity contribution is -0.145. The first-order chi connectivity index (χ1) is 17.0. The van der Waals surface area contributed by atoms with E-state index < -0.39 is 5.97 Å². The molecular weight excluding hydrogens is 458 g/mol. The molecule has 178 valence electrons. The Hall–Kier alpha value is -3.29. The summed E-state index contributed by atoms with van der Waals surface area (Å²) in [5.41, 5.74) is 9.37. The SMILES string of the molecule is Cc1cc(-c2nc(-c3ccc4c(c3)CCC4NC3CC(C(=O)O)C3)no2)cc(C)c1-c1ccsc1. The Labute approximate surface area is 208 Å². The van der Waals surface area contributed by atoms with Gasteiger partial charge in [0.15, 0.2) is 0 Å². The second-order valence-electron chi connectivity index (χ2n) is 9.80. The van der Waals surface area contributed by atoms with Gasteiger partial charge in [-0.1, -0.05) is 17.3 Å². The van der Waals surface area contributed by atoms with Crippen molar-refractivity contribution in [1.29, 1.82) is 0 Å². The minimum absolute atomic E-state index is 0.192. The van der Waals surface area contributed by atoms with Gasteiger partial charge in [-0.3, -0.25) is 4.79 Å². The molecule has 1 unspecified atom stereocenters. The number of carboxylic acid groups (broad SMARTS) is 1. The molecule has 0 aliphatic heterocycles. The lowest BCUT2D eigenvalue weighted by atomic mass is 9.80. The molecule has 0 radical (unpaired) electrons. The third-order valence-corrected chi connectivity index (χ3v) is 8.10. The quantitative estimate of drug-likeness (QED) is 0.339. The van der Waals surface area contributed by atoms with Gasteiger partial charge in [0, 0.05) is 23.2 Å². The minimum Gasteiger partial charge on any atom is -0.481 e. The number of nitrogens with zero attached hydrogens (tertiary/aromatic N) is 2. The smallest absolute Gasteiger partial charge is 0.306 e. The van der Waals surface area contributed by atoms with Gasteiger partial charge >= 0.3 is 5.97 Å². The molecule has 1 saturated carbocycles. The molecule has 2 aromatic carbocycles. The van der Waals surface area contributed by atoms with Gasteiger partial charge in [0.25, 0.3) is 5.89 Å². The molecule has 35 heavy (non-hydrogen) atoms. The number of aromatic nitrogens is 2. The first kappa shape index (κ1) is 22.2. The van der Waals surface area contributed by atoms with Crippen LogP contribution < -0.4 is 5.32 Å². The fourth-order valence-electron chi connectivity index (χ4n) is 5.58. The molecule has 0 saturated heterocycles. The molecule has 6 rings (SSSR count). The van der Waals surface area contributed by atoms with Crippen LogP contribution in [0.25, 0.3) is 34.0 Å². The molecule has 7 heteroatoms. The summed E-state index contributed by atoms with van der Waals surface area (Å²) in [5, 5.41) is 21.3. The largest absolute Gasteiger partial charge is 0.481 e. The van der Waals surface area contributed by atoms with Crippen molar-refractivity contribution in [2.45, 2.75) is 51.6 Å². The molecule has 4 aromatic rings. The highest BCUT2D eigenvalue weighted by Gasteiger charge is 2.36. The van der Waals surface area contributed by atoms with Gasteiger partial charge in [0.1, 0.15) is 0 Å². The third kappa shape index (κ3) is 4.09. The number of benzene rings is 2. The fourth-order valence-corrected chi connectivity index (χ4v) is 6.22. The summed E-state index contributed by atoms with van der Waals surface area (Å²) in [6.45, 7) is 4.24. The number of nitrogens with one attached hydrogen (secondary N) is 1. The number of aliphatic carboxylic acids is 1. The molecule has 2 aliphatic rings. The summed E-state index contributed by atoms with van der Waals surface area (Å²) in [6.07, 6.45) is 3.46. The first-order valence-corrected chi connectivity index (χ1v) is 13.0. The van der Waals surface area contributed by atoms with Crippen LogP contribution >= 0.6 is 11.3 Å². The molecule has 0 amide bonds. The number of carboxylic acids is 1. The summed E-state index contributed by atoms with van der Waals surface area (Å²) in [6, 6.07) is 13.3. The number of aryl methyl sites for hydroxylation is 3. The number of rotatable bonds is 6. The van der Waals surface area contributed by atoms with E-state index in [1.54, 1.807) is 11.3 Å². The molecule has 0 spiro atoms. The van der Waals surface area contributed by atoms with Crippen molar-refractivity contribution in [3.63, 3.8) is 0 Å². The predicted molar refractivity (Wildman–Crippen MR) is 136 cm³/mol. The van der Waals surface area contributed by atoms with Crippen LogP contribution in [0.5, 0.6) is 0 Å². The fraction of sp³-hybridized carbons (Fsp3) is 0.321. The van der Waals surface area contributed by atoms with Crippen molar-refractivity contribution in [3.8, 4) is 34.0 Å². The zero-order chi connectivity index (χ0) is 24.1. The maximum absolute atomic E-state index is 11.1. The summed E-state index contributed by atoms with van der Waals surface area (Å²) in [4.78, 5) is 15.8. The van der Waals surface area contributed by atoms with Crippen molar-refractivity contribution in [3.05, 3.63) is 69.4 Å². The van der Waals surface area contributed by atoms with Crippen LogP contribution in [0.1, 0.15) is 47.6 Å². The Morgan fingerprint density at radius 2 is 1.89 bits per heavy atom. The lowest BCUT2D eigenvalue weighted by Crippen LogP contribution is -2.45. The van der Waals surface area contributed by atoms with E-state index in [0.717, 1.165) is 36.8 Å². The normalized spacial score (nSPS) is 21.0. The Morgan fingerprint density at radius 1 is 1.09 bits per heavy atom. The zero-order valence-corrected chi connectivity index (χ0v) is 20.6. The highest BCUT2D eigenvalue weighted by molar-refractivity contribution is 7.08. The molecular formula is C28H27N3O3S. The second-order valence-corrected chi connectivity index (χ2v) is 10.6. The Bertz CT molecular complexity index is 1380. The predicted octanol–water partition coefficient (Wildman–Crippen LogP) is 6.19. The molecule has 2 N–H and O–H groups in total. The highest BCUT2D eigenvalue weighted by Crippen LogP contribution is 2.38. The van der Waals surface area contributed by atoms with Crippen molar-refractivity contribution in [2.75, 3.05) is 0 Å². The number of hydrogen-bond donors (Lipinski definition) is 2. The first-order valence-electron chi connectivity index (χ1n) is 12.1. The van der Waals surface area contributed by atoms with E-state index in [1.807, 2.05) is 0 Å². The van der Waals surface area contributed by atoms with Gasteiger partial charge in [0.05, 0.1) is 5.92 Å². The maximum Gasteiger partial charge on any atom is 0.306 e. The average molecular weight is 486 g/mol. The van der Waals surface area contributed by atoms with Crippen molar-refractivity contribution >= 4 is 17.3 Å². The minimum atomic E-state index is -0.678. The number of fused-ring (bicyclic) bond motifs is 1. The standard InChI is InChI=1S/C28H27N3O3S/c1-15-9-20(10-16(2)25(15)19-7-8-35-14-19)27-30-26(31-34-27)18-3-5-23-17(11-18)4-6-24(23)29-22-12-21(13-22)28(32)33/h3,5,7-11,14,21-22,24,29H,4,6,12-13H2,1-2H3,(H,32,33). The topological polar surface area (TPSA) is 88.2 Å².